The van der Waals surface area contributed by atoms with Gasteiger partial charge in [-0.2, -0.15) is 0 Å². The van der Waals surface area contributed by atoms with Gasteiger partial charge in [0.25, 0.3) is 0 Å². The van der Waals surface area contributed by atoms with E-state index in [1.54, 1.807) is 12.1 Å². The van der Waals surface area contributed by atoms with E-state index in [1.165, 1.54) is 0 Å². The van der Waals surface area contributed by atoms with Crippen LogP contribution in [0, 0.1) is 0 Å². The lowest BCUT2D eigenvalue weighted by Crippen LogP contribution is -1.99. The minimum atomic E-state index is 0.494. The molecule has 0 spiro atoms. The van der Waals surface area contributed by atoms with Gasteiger partial charge in [-0.3, -0.25) is 0 Å². The second-order valence-corrected chi connectivity index (χ2v) is 5.58. The van der Waals surface area contributed by atoms with Gasteiger partial charge in [0.2, 0.25) is 0 Å². The first kappa shape index (κ1) is 14.1. The molecule has 4 rings (SSSR count). The predicted octanol–water partition coefficient (Wildman–Crippen LogP) is 3.27. The number of hydrogen-bond donors (Lipinski definition) is 4. The highest BCUT2D eigenvalue weighted by Gasteiger charge is 2.09. The van der Waals surface area contributed by atoms with E-state index in [9.17, 15) is 0 Å². The predicted molar refractivity (Wildman–Crippen MR) is 100 cm³/mol. The monoisotopic (exact) mass is 316 g/mol. The Morgan fingerprint density at radius 2 is 1.29 bits per heavy atom. The quantitative estimate of drug-likeness (QED) is 0.333. The Hall–Kier alpha value is -3.54. The van der Waals surface area contributed by atoms with E-state index in [0.717, 1.165) is 22.4 Å². The number of nitrogens with zero attached hydrogens (tertiary/aromatic N) is 2. The van der Waals surface area contributed by atoms with E-state index in [1.807, 2.05) is 42.5 Å². The van der Waals surface area contributed by atoms with Gasteiger partial charge in [-0.25, -0.2) is 9.97 Å². The first-order chi connectivity index (χ1) is 11.6. The molecule has 0 aliphatic rings. The van der Waals surface area contributed by atoms with Crippen molar-refractivity contribution >= 4 is 50.5 Å². The van der Waals surface area contributed by atoms with Crippen LogP contribution < -0.4 is 22.5 Å². The Labute approximate surface area is 138 Å². The van der Waals surface area contributed by atoms with Crippen LogP contribution in [0.15, 0.2) is 54.6 Å². The second-order valence-electron chi connectivity index (χ2n) is 5.58. The molecule has 1 heterocycles. The van der Waals surface area contributed by atoms with Crippen molar-refractivity contribution in [2.24, 2.45) is 0 Å². The lowest BCUT2D eigenvalue weighted by molar-refractivity contribution is 1.39. The normalized spacial score (nSPS) is 11.0. The van der Waals surface area contributed by atoms with Crippen LogP contribution in [0.2, 0.25) is 0 Å². The van der Waals surface area contributed by atoms with Gasteiger partial charge in [0.15, 0.2) is 0 Å². The fourth-order valence-electron chi connectivity index (χ4n) is 2.63. The molecular formula is C18H16N6. The standard InChI is InChI=1S/C18H16N6/c19-10-4-1-2-5-13(10)22-14-6-3-7-15-18(14)24-17-9-12(21)11(20)8-16(17)23-15/h1-9,22H,19-21H2. The molecule has 118 valence electrons. The van der Waals surface area contributed by atoms with E-state index in [-0.39, 0.29) is 0 Å². The molecule has 4 aromatic rings. The molecule has 0 amide bonds. The number of nitrogens with one attached hydrogen (secondary N) is 1. The van der Waals surface area contributed by atoms with Gasteiger partial charge >= 0.3 is 0 Å². The summed E-state index contributed by atoms with van der Waals surface area (Å²) in [4.78, 5) is 9.34. The number of aromatic nitrogens is 2. The second kappa shape index (κ2) is 5.27. The van der Waals surface area contributed by atoms with E-state index < -0.39 is 0 Å². The maximum atomic E-state index is 6.01. The summed E-state index contributed by atoms with van der Waals surface area (Å²) in [5, 5.41) is 3.32. The number of benzene rings is 3. The Morgan fingerprint density at radius 3 is 2.04 bits per heavy atom. The van der Waals surface area contributed by atoms with Crippen molar-refractivity contribution in [3.63, 3.8) is 0 Å². The number of nitrogens with two attached hydrogens (primary N) is 3. The van der Waals surface area contributed by atoms with Crippen LogP contribution in [-0.2, 0) is 0 Å². The average Bonchev–Trinajstić information content (AvgIpc) is 2.57. The highest BCUT2D eigenvalue weighted by Crippen LogP contribution is 2.29. The van der Waals surface area contributed by atoms with Crippen molar-refractivity contribution < 1.29 is 0 Å². The zero-order valence-corrected chi connectivity index (χ0v) is 12.8. The van der Waals surface area contributed by atoms with E-state index in [0.29, 0.717) is 28.1 Å². The molecule has 24 heavy (non-hydrogen) atoms. The minimum Gasteiger partial charge on any atom is -0.397 e. The molecular weight excluding hydrogens is 300 g/mol. The molecule has 0 aliphatic carbocycles. The van der Waals surface area contributed by atoms with E-state index >= 15 is 0 Å². The Bertz CT molecular complexity index is 1070. The van der Waals surface area contributed by atoms with Gasteiger partial charge in [0.05, 0.1) is 45.0 Å². The molecule has 0 unspecified atom stereocenters. The summed E-state index contributed by atoms with van der Waals surface area (Å²) in [5.41, 5.74) is 24.0. The van der Waals surface area contributed by atoms with Crippen molar-refractivity contribution in [1.29, 1.82) is 0 Å². The lowest BCUT2D eigenvalue weighted by Gasteiger charge is -2.12. The fraction of sp³-hybridized carbons (Fsp3) is 0. The molecule has 6 nitrogen and oxygen atoms in total. The summed E-state index contributed by atoms with van der Waals surface area (Å²) in [5.74, 6) is 0. The average molecular weight is 316 g/mol. The van der Waals surface area contributed by atoms with Crippen molar-refractivity contribution in [2.75, 3.05) is 22.5 Å². The minimum absolute atomic E-state index is 0.494. The number of nitrogen functional groups attached to an aromatic ring is 3. The molecule has 3 aromatic carbocycles. The van der Waals surface area contributed by atoms with Crippen molar-refractivity contribution in [1.82, 2.24) is 9.97 Å². The SMILES string of the molecule is Nc1cc2nc3cccc(Nc4ccccc4N)c3nc2cc1N. The third-order valence-electron chi connectivity index (χ3n) is 3.90. The molecule has 0 atom stereocenters. The Kier molecular flexibility index (Phi) is 3.09. The summed E-state index contributed by atoms with van der Waals surface area (Å²) in [6.07, 6.45) is 0. The number of hydrogen-bond acceptors (Lipinski definition) is 6. The molecule has 0 saturated heterocycles. The zero-order chi connectivity index (χ0) is 16.7. The summed E-state index contributed by atoms with van der Waals surface area (Å²) in [6.45, 7) is 0. The highest BCUT2D eigenvalue weighted by molar-refractivity contribution is 5.97. The number of fused-ring (bicyclic) bond motifs is 2. The van der Waals surface area contributed by atoms with Crippen LogP contribution in [0.5, 0.6) is 0 Å². The third kappa shape index (κ3) is 2.30. The topological polar surface area (TPSA) is 116 Å². The Morgan fingerprint density at radius 1 is 0.625 bits per heavy atom. The summed E-state index contributed by atoms with van der Waals surface area (Å²) >= 11 is 0. The van der Waals surface area contributed by atoms with Crippen LogP contribution >= 0.6 is 0 Å². The number of rotatable bonds is 2. The van der Waals surface area contributed by atoms with Crippen molar-refractivity contribution in [2.45, 2.75) is 0 Å². The first-order valence-corrected chi connectivity index (χ1v) is 7.49. The maximum absolute atomic E-state index is 6.01. The van der Waals surface area contributed by atoms with Crippen LogP contribution in [-0.4, -0.2) is 9.97 Å². The smallest absolute Gasteiger partial charge is 0.113 e. The van der Waals surface area contributed by atoms with Gasteiger partial charge < -0.3 is 22.5 Å². The lowest BCUT2D eigenvalue weighted by atomic mass is 10.2. The van der Waals surface area contributed by atoms with Crippen LogP contribution in [0.1, 0.15) is 0 Å². The Balaban J connectivity index is 1.91. The third-order valence-corrected chi connectivity index (χ3v) is 3.90. The van der Waals surface area contributed by atoms with Crippen LogP contribution in [0.3, 0.4) is 0 Å². The van der Waals surface area contributed by atoms with Crippen LogP contribution in [0.25, 0.3) is 22.1 Å². The molecule has 0 radical (unpaired) electrons. The first-order valence-electron chi connectivity index (χ1n) is 7.49. The van der Waals surface area contributed by atoms with Gasteiger partial charge in [0, 0.05) is 0 Å². The zero-order valence-electron chi connectivity index (χ0n) is 12.8. The largest absolute Gasteiger partial charge is 0.397 e. The summed E-state index contributed by atoms with van der Waals surface area (Å²) in [7, 11) is 0. The van der Waals surface area contributed by atoms with Gasteiger partial charge in [0.1, 0.15) is 5.52 Å². The highest BCUT2D eigenvalue weighted by atomic mass is 14.9. The molecule has 7 N–H and O–H groups in total. The van der Waals surface area contributed by atoms with Crippen molar-refractivity contribution in [3.8, 4) is 0 Å². The van der Waals surface area contributed by atoms with Gasteiger partial charge in [-0.05, 0) is 36.4 Å². The molecule has 6 heteroatoms. The maximum Gasteiger partial charge on any atom is 0.113 e. The molecule has 0 fully saturated rings. The number of anilines is 5. The summed E-state index contributed by atoms with van der Waals surface area (Å²) in [6, 6.07) is 16.8. The fourth-order valence-corrected chi connectivity index (χ4v) is 2.63. The summed E-state index contributed by atoms with van der Waals surface area (Å²) < 4.78 is 0. The number of para-hydroxylation sites is 3. The molecule has 0 aliphatic heterocycles. The van der Waals surface area contributed by atoms with Crippen molar-refractivity contribution in [3.05, 3.63) is 54.6 Å². The van der Waals surface area contributed by atoms with Crippen LogP contribution in [0.4, 0.5) is 28.4 Å². The molecule has 1 aromatic heterocycles. The van der Waals surface area contributed by atoms with Gasteiger partial charge in [-0.15, -0.1) is 0 Å². The molecule has 0 saturated carbocycles. The van der Waals surface area contributed by atoms with Gasteiger partial charge in [-0.1, -0.05) is 18.2 Å². The molecule has 0 bridgehead atoms. The van der Waals surface area contributed by atoms with E-state index in [2.05, 4.69) is 10.3 Å². The van der Waals surface area contributed by atoms with E-state index in [4.69, 9.17) is 22.2 Å².